The zero-order valence-electron chi connectivity index (χ0n) is 13.7. The van der Waals surface area contributed by atoms with Gasteiger partial charge in [0, 0.05) is 38.5 Å². The second-order valence-electron chi connectivity index (χ2n) is 6.76. The Morgan fingerprint density at radius 1 is 1.17 bits per heavy atom. The first-order valence-corrected chi connectivity index (χ1v) is 11.8. The van der Waals surface area contributed by atoms with Crippen LogP contribution in [0.2, 0.25) is 30.8 Å². The molecular weight excluding hydrogens is 328 g/mol. The molecular formula is C16H21ClN4OSi. The van der Waals surface area contributed by atoms with E-state index in [1.54, 1.807) is 12.4 Å². The van der Waals surface area contributed by atoms with Crippen molar-refractivity contribution in [2.45, 2.75) is 32.4 Å². The molecule has 0 aliphatic heterocycles. The van der Waals surface area contributed by atoms with E-state index >= 15 is 0 Å². The van der Waals surface area contributed by atoms with Crippen molar-refractivity contribution in [3.8, 4) is 5.82 Å². The summed E-state index contributed by atoms with van der Waals surface area (Å²) < 4.78 is 9.72. The highest BCUT2D eigenvalue weighted by Gasteiger charge is 2.13. The first-order valence-electron chi connectivity index (χ1n) is 7.67. The normalized spacial score (nSPS) is 12.2. The average molecular weight is 349 g/mol. The molecule has 122 valence electrons. The smallest absolute Gasteiger partial charge is 0.141 e. The molecule has 5 nitrogen and oxygen atoms in total. The van der Waals surface area contributed by atoms with Gasteiger partial charge >= 0.3 is 0 Å². The maximum atomic E-state index is 6.15. The minimum absolute atomic E-state index is 0.450. The Morgan fingerprint density at radius 2 is 2.00 bits per heavy atom. The maximum absolute atomic E-state index is 6.15. The Morgan fingerprint density at radius 3 is 2.78 bits per heavy atom. The van der Waals surface area contributed by atoms with Gasteiger partial charge in [-0.1, -0.05) is 31.2 Å². The van der Waals surface area contributed by atoms with E-state index in [0.29, 0.717) is 11.9 Å². The minimum Gasteiger partial charge on any atom is -0.359 e. The third kappa shape index (κ3) is 3.65. The second kappa shape index (κ2) is 6.47. The number of rotatable bonds is 6. The summed E-state index contributed by atoms with van der Waals surface area (Å²) in [6.45, 7) is 8.26. The van der Waals surface area contributed by atoms with Crippen LogP contribution in [0.3, 0.4) is 0 Å². The molecule has 0 amide bonds. The number of pyridine rings is 1. The topological polar surface area (TPSA) is 44.9 Å². The van der Waals surface area contributed by atoms with Gasteiger partial charge < -0.3 is 9.30 Å². The maximum Gasteiger partial charge on any atom is 0.141 e. The predicted octanol–water partition coefficient (Wildman–Crippen LogP) is 4.19. The SMILES string of the molecule is C[Si](C)(C)CCOCn1nccc1-n1ccc2c(Cl)nccc21. The van der Waals surface area contributed by atoms with E-state index < -0.39 is 8.07 Å². The number of hydrogen-bond donors (Lipinski definition) is 0. The summed E-state index contributed by atoms with van der Waals surface area (Å²) in [5.74, 6) is 0.954. The monoisotopic (exact) mass is 348 g/mol. The summed E-state index contributed by atoms with van der Waals surface area (Å²) in [6, 6.07) is 7.03. The van der Waals surface area contributed by atoms with Crippen LogP contribution in [0.15, 0.2) is 36.8 Å². The zero-order valence-corrected chi connectivity index (χ0v) is 15.4. The van der Waals surface area contributed by atoms with Gasteiger partial charge in [-0.2, -0.15) is 5.10 Å². The van der Waals surface area contributed by atoms with E-state index in [1.807, 2.05) is 29.1 Å². The average Bonchev–Trinajstić information content (AvgIpc) is 3.09. The van der Waals surface area contributed by atoms with Crippen molar-refractivity contribution in [3.63, 3.8) is 0 Å². The number of hydrogen-bond acceptors (Lipinski definition) is 3. The van der Waals surface area contributed by atoms with Crippen LogP contribution in [0.5, 0.6) is 0 Å². The molecule has 23 heavy (non-hydrogen) atoms. The fourth-order valence-corrected chi connectivity index (χ4v) is 3.36. The summed E-state index contributed by atoms with van der Waals surface area (Å²) in [5, 5.41) is 5.81. The molecule has 0 saturated heterocycles. The molecule has 0 aliphatic carbocycles. The Kier molecular flexibility index (Phi) is 4.56. The lowest BCUT2D eigenvalue weighted by Gasteiger charge is -2.16. The van der Waals surface area contributed by atoms with Crippen molar-refractivity contribution >= 4 is 30.6 Å². The number of nitrogens with zero attached hydrogens (tertiary/aromatic N) is 4. The highest BCUT2D eigenvalue weighted by molar-refractivity contribution is 6.76. The molecule has 7 heteroatoms. The minimum atomic E-state index is -1.07. The highest BCUT2D eigenvalue weighted by atomic mass is 35.5. The van der Waals surface area contributed by atoms with Crippen LogP contribution in [0, 0.1) is 0 Å². The number of fused-ring (bicyclic) bond motifs is 1. The molecule has 0 fully saturated rings. The van der Waals surface area contributed by atoms with Gasteiger partial charge in [0.15, 0.2) is 0 Å². The molecule has 3 aromatic heterocycles. The molecule has 3 heterocycles. The van der Waals surface area contributed by atoms with Crippen LogP contribution >= 0.6 is 11.6 Å². The van der Waals surface area contributed by atoms with Gasteiger partial charge in [-0.3, -0.25) is 0 Å². The molecule has 0 saturated carbocycles. The number of ether oxygens (including phenoxy) is 1. The van der Waals surface area contributed by atoms with E-state index in [4.69, 9.17) is 16.3 Å². The summed E-state index contributed by atoms with van der Waals surface area (Å²) >= 11 is 6.15. The fourth-order valence-electron chi connectivity index (χ4n) is 2.39. The van der Waals surface area contributed by atoms with Gasteiger partial charge in [-0.25, -0.2) is 9.67 Å². The lowest BCUT2D eigenvalue weighted by atomic mass is 10.3. The van der Waals surface area contributed by atoms with E-state index in [2.05, 4.69) is 34.3 Å². The second-order valence-corrected chi connectivity index (χ2v) is 12.7. The van der Waals surface area contributed by atoms with Crippen molar-refractivity contribution in [1.29, 1.82) is 0 Å². The van der Waals surface area contributed by atoms with Gasteiger partial charge in [0.25, 0.3) is 0 Å². The van der Waals surface area contributed by atoms with Crippen LogP contribution < -0.4 is 0 Å². The standard InChI is InChI=1S/C16H21ClN4OSi/c1-23(2,3)11-10-22-12-21-15(5-8-19-21)20-9-6-13-14(20)4-7-18-16(13)17/h4-9H,10-12H2,1-3H3. The van der Waals surface area contributed by atoms with Crippen LogP contribution in [-0.2, 0) is 11.5 Å². The van der Waals surface area contributed by atoms with Crippen molar-refractivity contribution in [2.75, 3.05) is 6.61 Å². The van der Waals surface area contributed by atoms with Gasteiger partial charge in [0.2, 0.25) is 0 Å². The highest BCUT2D eigenvalue weighted by Crippen LogP contribution is 2.24. The van der Waals surface area contributed by atoms with Gasteiger partial charge in [0.1, 0.15) is 17.7 Å². The molecule has 0 atom stereocenters. The molecule has 0 aromatic carbocycles. The van der Waals surface area contributed by atoms with Gasteiger partial charge in [-0.05, 0) is 18.2 Å². The largest absolute Gasteiger partial charge is 0.359 e. The van der Waals surface area contributed by atoms with E-state index in [-0.39, 0.29) is 0 Å². The Bertz CT molecular complexity index is 806. The molecule has 3 rings (SSSR count). The third-order valence-electron chi connectivity index (χ3n) is 3.72. The van der Waals surface area contributed by atoms with Gasteiger partial charge in [0.05, 0.1) is 11.7 Å². The molecule has 0 radical (unpaired) electrons. The molecule has 0 spiro atoms. The van der Waals surface area contributed by atoms with Crippen molar-refractivity contribution in [1.82, 2.24) is 19.3 Å². The van der Waals surface area contributed by atoms with E-state index in [1.165, 1.54) is 0 Å². The zero-order chi connectivity index (χ0) is 16.4. The summed E-state index contributed by atoms with van der Waals surface area (Å²) in [5.41, 5.74) is 1.01. The van der Waals surface area contributed by atoms with Crippen molar-refractivity contribution in [3.05, 3.63) is 41.9 Å². The Labute approximate surface area is 141 Å². The Balaban J connectivity index is 1.79. The molecule has 0 bridgehead atoms. The Hall–Kier alpha value is -1.63. The number of aromatic nitrogens is 4. The molecule has 0 unspecified atom stereocenters. The lowest BCUT2D eigenvalue weighted by molar-refractivity contribution is 0.0785. The van der Waals surface area contributed by atoms with Crippen molar-refractivity contribution in [2.24, 2.45) is 0 Å². The molecule has 0 aliphatic rings. The van der Waals surface area contributed by atoms with Crippen LogP contribution in [0.1, 0.15) is 0 Å². The molecule has 3 aromatic rings. The first kappa shape index (κ1) is 16.2. The van der Waals surface area contributed by atoms with Crippen LogP contribution in [0.25, 0.3) is 16.7 Å². The lowest BCUT2D eigenvalue weighted by Crippen LogP contribution is -2.22. The first-order chi connectivity index (χ1) is 11.0. The van der Waals surface area contributed by atoms with Crippen LogP contribution in [0.4, 0.5) is 0 Å². The number of halogens is 1. The summed E-state index contributed by atoms with van der Waals surface area (Å²) in [7, 11) is -1.07. The summed E-state index contributed by atoms with van der Waals surface area (Å²) in [4.78, 5) is 4.12. The third-order valence-corrected chi connectivity index (χ3v) is 5.72. The predicted molar refractivity (Wildman–Crippen MR) is 96.0 cm³/mol. The van der Waals surface area contributed by atoms with Crippen molar-refractivity contribution < 1.29 is 4.74 Å². The van der Waals surface area contributed by atoms with E-state index in [9.17, 15) is 0 Å². The van der Waals surface area contributed by atoms with E-state index in [0.717, 1.165) is 29.4 Å². The summed E-state index contributed by atoms with van der Waals surface area (Å²) in [6.07, 6.45) is 5.48. The molecule has 0 N–H and O–H groups in total. The van der Waals surface area contributed by atoms with Gasteiger partial charge in [-0.15, -0.1) is 0 Å². The quantitative estimate of drug-likeness (QED) is 0.381. The fraction of sp³-hybridized carbons (Fsp3) is 0.375. The van der Waals surface area contributed by atoms with Crippen LogP contribution in [-0.4, -0.2) is 34.0 Å².